The highest BCUT2D eigenvalue weighted by Gasteiger charge is 2.26. The number of rotatable bonds is 5. The molecule has 1 aromatic heterocycles. The number of amides is 1. The van der Waals surface area contributed by atoms with E-state index in [0.717, 1.165) is 18.4 Å². The third kappa shape index (κ3) is 4.09. The lowest BCUT2D eigenvalue weighted by Gasteiger charge is -2.32. The molecule has 1 saturated heterocycles. The molecule has 0 saturated carbocycles. The van der Waals surface area contributed by atoms with E-state index in [1.54, 1.807) is 10.7 Å². The fourth-order valence-corrected chi connectivity index (χ4v) is 3.35. The van der Waals surface area contributed by atoms with Gasteiger partial charge in [0, 0.05) is 25.7 Å². The predicted octanol–water partition coefficient (Wildman–Crippen LogP) is 3.08. The molecule has 0 spiro atoms. The molecule has 1 amide bonds. The van der Waals surface area contributed by atoms with Crippen LogP contribution in [0.3, 0.4) is 0 Å². The topological polar surface area (TPSA) is 75.4 Å². The standard InChI is InChI=1S/C19H22FN3O3/c1-13(14-3-2-4-16(20)10-14)9-18(24)22-7-5-17(6-8-22)23-12-15(11-21-23)19(25)26/h2-4,10-13,17H,5-9H2,1H3,(H,25,26). The highest BCUT2D eigenvalue weighted by atomic mass is 19.1. The van der Waals surface area contributed by atoms with Crippen molar-refractivity contribution in [3.8, 4) is 0 Å². The second-order valence-corrected chi connectivity index (χ2v) is 6.79. The van der Waals surface area contributed by atoms with Crippen molar-refractivity contribution in [2.24, 2.45) is 0 Å². The maximum atomic E-state index is 13.3. The van der Waals surface area contributed by atoms with E-state index in [0.29, 0.717) is 19.5 Å². The second-order valence-electron chi connectivity index (χ2n) is 6.79. The Morgan fingerprint density at radius 3 is 2.69 bits per heavy atom. The molecule has 6 nitrogen and oxygen atoms in total. The summed E-state index contributed by atoms with van der Waals surface area (Å²) in [6.07, 6.45) is 4.71. The van der Waals surface area contributed by atoms with Crippen molar-refractivity contribution in [1.82, 2.24) is 14.7 Å². The quantitative estimate of drug-likeness (QED) is 0.890. The SMILES string of the molecule is CC(CC(=O)N1CCC(n2cc(C(=O)O)cn2)CC1)c1cccc(F)c1. The number of carbonyl (C=O) groups excluding carboxylic acids is 1. The van der Waals surface area contributed by atoms with Gasteiger partial charge in [-0.1, -0.05) is 19.1 Å². The Balaban J connectivity index is 1.54. The van der Waals surface area contributed by atoms with Crippen LogP contribution in [0.15, 0.2) is 36.7 Å². The Morgan fingerprint density at radius 1 is 1.35 bits per heavy atom. The Bertz CT molecular complexity index is 797. The van der Waals surface area contributed by atoms with Crippen LogP contribution in [0.2, 0.25) is 0 Å². The first kappa shape index (κ1) is 18.1. The molecule has 1 aromatic carbocycles. The van der Waals surface area contributed by atoms with Gasteiger partial charge in [0.05, 0.1) is 17.8 Å². The first-order valence-electron chi connectivity index (χ1n) is 8.74. The molecule has 0 aliphatic carbocycles. The number of piperidine rings is 1. The summed E-state index contributed by atoms with van der Waals surface area (Å²) in [6, 6.07) is 6.47. The summed E-state index contributed by atoms with van der Waals surface area (Å²) in [5, 5.41) is 13.1. The summed E-state index contributed by atoms with van der Waals surface area (Å²) in [7, 11) is 0. The average Bonchev–Trinajstić information content (AvgIpc) is 3.12. The highest BCUT2D eigenvalue weighted by molar-refractivity contribution is 5.86. The Hall–Kier alpha value is -2.70. The number of hydrogen-bond acceptors (Lipinski definition) is 3. The maximum absolute atomic E-state index is 13.3. The zero-order valence-electron chi connectivity index (χ0n) is 14.6. The van der Waals surface area contributed by atoms with Crippen molar-refractivity contribution in [3.05, 3.63) is 53.6 Å². The van der Waals surface area contributed by atoms with Crippen LogP contribution in [0.5, 0.6) is 0 Å². The summed E-state index contributed by atoms with van der Waals surface area (Å²) in [6.45, 7) is 3.15. The summed E-state index contributed by atoms with van der Waals surface area (Å²) >= 11 is 0. The number of carboxylic acids is 1. The lowest BCUT2D eigenvalue weighted by atomic mass is 9.96. The van der Waals surface area contributed by atoms with Crippen LogP contribution < -0.4 is 0 Å². The molecular formula is C19H22FN3O3. The molecule has 1 aliphatic heterocycles. The van der Waals surface area contributed by atoms with E-state index in [9.17, 15) is 14.0 Å². The van der Waals surface area contributed by atoms with Gasteiger partial charge in [-0.2, -0.15) is 5.10 Å². The number of aromatic carboxylic acids is 1. The third-order valence-electron chi connectivity index (χ3n) is 4.94. The molecule has 138 valence electrons. The number of nitrogens with zero attached hydrogens (tertiary/aromatic N) is 3. The van der Waals surface area contributed by atoms with Crippen LogP contribution in [0.25, 0.3) is 0 Å². The van der Waals surface area contributed by atoms with Crippen LogP contribution in [0, 0.1) is 5.82 Å². The van der Waals surface area contributed by atoms with Gasteiger partial charge < -0.3 is 10.0 Å². The van der Waals surface area contributed by atoms with Gasteiger partial charge >= 0.3 is 5.97 Å². The van der Waals surface area contributed by atoms with Gasteiger partial charge in [-0.05, 0) is 36.5 Å². The maximum Gasteiger partial charge on any atom is 0.338 e. The number of carbonyl (C=O) groups is 2. The molecule has 1 N–H and O–H groups in total. The minimum Gasteiger partial charge on any atom is -0.478 e. The van der Waals surface area contributed by atoms with Gasteiger partial charge in [-0.15, -0.1) is 0 Å². The Kier molecular flexibility index (Phi) is 5.35. The Morgan fingerprint density at radius 2 is 2.08 bits per heavy atom. The minimum absolute atomic E-state index is 0.0415. The molecule has 1 atom stereocenters. The summed E-state index contributed by atoms with van der Waals surface area (Å²) in [5.74, 6) is -1.26. The number of likely N-dealkylation sites (tertiary alicyclic amines) is 1. The van der Waals surface area contributed by atoms with Gasteiger partial charge in [-0.25, -0.2) is 9.18 Å². The molecule has 0 bridgehead atoms. The van der Waals surface area contributed by atoms with Crippen LogP contribution in [0.1, 0.15) is 54.1 Å². The number of aromatic nitrogens is 2. The Labute approximate surface area is 151 Å². The number of hydrogen-bond donors (Lipinski definition) is 1. The van der Waals surface area contributed by atoms with Gasteiger partial charge in [-0.3, -0.25) is 9.48 Å². The van der Waals surface area contributed by atoms with Crippen LogP contribution in [-0.4, -0.2) is 44.8 Å². The molecule has 2 aromatic rings. The predicted molar refractivity (Wildman–Crippen MR) is 93.5 cm³/mol. The van der Waals surface area contributed by atoms with Gasteiger partial charge in [0.1, 0.15) is 5.82 Å². The molecule has 26 heavy (non-hydrogen) atoms. The molecule has 7 heteroatoms. The fourth-order valence-electron chi connectivity index (χ4n) is 3.35. The van der Waals surface area contributed by atoms with E-state index >= 15 is 0 Å². The molecule has 0 radical (unpaired) electrons. The van der Waals surface area contributed by atoms with Crippen LogP contribution in [0.4, 0.5) is 4.39 Å². The number of benzene rings is 1. The van der Waals surface area contributed by atoms with Crippen molar-refractivity contribution in [2.45, 2.75) is 38.1 Å². The monoisotopic (exact) mass is 359 g/mol. The van der Waals surface area contributed by atoms with Crippen molar-refractivity contribution in [3.63, 3.8) is 0 Å². The fraction of sp³-hybridized carbons (Fsp3) is 0.421. The molecular weight excluding hydrogens is 337 g/mol. The first-order valence-corrected chi connectivity index (χ1v) is 8.74. The van der Waals surface area contributed by atoms with Gasteiger partial charge in [0.15, 0.2) is 0 Å². The zero-order valence-corrected chi connectivity index (χ0v) is 14.6. The van der Waals surface area contributed by atoms with Crippen molar-refractivity contribution < 1.29 is 19.1 Å². The third-order valence-corrected chi connectivity index (χ3v) is 4.94. The normalized spacial score (nSPS) is 16.5. The van der Waals surface area contributed by atoms with Gasteiger partial charge in [0.25, 0.3) is 0 Å². The average molecular weight is 359 g/mol. The van der Waals surface area contributed by atoms with E-state index < -0.39 is 5.97 Å². The lowest BCUT2D eigenvalue weighted by Crippen LogP contribution is -2.39. The molecule has 2 heterocycles. The second kappa shape index (κ2) is 7.68. The van der Waals surface area contributed by atoms with Crippen molar-refractivity contribution >= 4 is 11.9 Å². The minimum atomic E-state index is -0.991. The number of carboxylic acid groups (broad SMARTS) is 1. The summed E-state index contributed by atoms with van der Waals surface area (Å²) in [5.41, 5.74) is 0.999. The van der Waals surface area contributed by atoms with Crippen molar-refractivity contribution in [1.29, 1.82) is 0 Å². The molecule has 1 aliphatic rings. The molecule has 1 unspecified atom stereocenters. The molecule has 1 fully saturated rings. The first-order chi connectivity index (χ1) is 12.4. The summed E-state index contributed by atoms with van der Waals surface area (Å²) in [4.78, 5) is 25.3. The lowest BCUT2D eigenvalue weighted by molar-refractivity contribution is -0.132. The van der Waals surface area contributed by atoms with Gasteiger partial charge in [0.2, 0.25) is 5.91 Å². The van der Waals surface area contributed by atoms with Crippen molar-refractivity contribution in [2.75, 3.05) is 13.1 Å². The van der Waals surface area contributed by atoms with E-state index in [1.165, 1.54) is 24.5 Å². The van der Waals surface area contributed by atoms with E-state index in [2.05, 4.69) is 5.10 Å². The molecule has 3 rings (SSSR count). The van der Waals surface area contributed by atoms with Crippen LogP contribution >= 0.6 is 0 Å². The van der Waals surface area contributed by atoms with E-state index in [1.807, 2.05) is 17.9 Å². The van der Waals surface area contributed by atoms with E-state index in [-0.39, 0.29) is 29.2 Å². The largest absolute Gasteiger partial charge is 0.478 e. The smallest absolute Gasteiger partial charge is 0.338 e. The number of halogens is 1. The van der Waals surface area contributed by atoms with Crippen LogP contribution in [-0.2, 0) is 4.79 Å². The van der Waals surface area contributed by atoms with E-state index in [4.69, 9.17) is 5.11 Å². The zero-order chi connectivity index (χ0) is 18.7. The highest BCUT2D eigenvalue weighted by Crippen LogP contribution is 2.25. The summed E-state index contributed by atoms with van der Waals surface area (Å²) < 4.78 is 15.0.